The van der Waals surface area contributed by atoms with E-state index in [1.807, 2.05) is 0 Å². The lowest BCUT2D eigenvalue weighted by molar-refractivity contribution is 0.0928. The Morgan fingerprint density at radius 1 is 1.04 bits per heavy atom. The summed E-state index contributed by atoms with van der Waals surface area (Å²) in [6.07, 6.45) is 9.88. The monoisotopic (exact) mass is 378 g/mol. The van der Waals surface area contributed by atoms with Crippen LogP contribution in [-0.4, -0.2) is 21.9 Å². The first-order valence-corrected chi connectivity index (χ1v) is 9.23. The number of nitrogens with one attached hydrogen (secondary N) is 2. The number of amides is 1. The Balaban J connectivity index is 1.63. The van der Waals surface area contributed by atoms with Crippen LogP contribution >= 0.6 is 23.2 Å². The van der Waals surface area contributed by atoms with Crippen LogP contribution in [0.15, 0.2) is 30.6 Å². The van der Waals surface area contributed by atoms with E-state index < -0.39 is 0 Å². The zero-order chi connectivity index (χ0) is 17.6. The summed E-state index contributed by atoms with van der Waals surface area (Å²) >= 11 is 12.1. The van der Waals surface area contributed by atoms with Gasteiger partial charge in [-0.1, -0.05) is 55.0 Å². The lowest BCUT2D eigenvalue weighted by Gasteiger charge is -2.15. The van der Waals surface area contributed by atoms with Crippen LogP contribution in [0.1, 0.15) is 49.0 Å². The normalized spacial score (nSPS) is 15.4. The minimum Gasteiger partial charge on any atom is -0.348 e. The molecule has 5 nitrogen and oxygen atoms in total. The summed E-state index contributed by atoms with van der Waals surface area (Å²) in [7, 11) is 0. The lowest BCUT2D eigenvalue weighted by atomic mass is 10.1. The predicted octanol–water partition coefficient (Wildman–Crippen LogP) is 4.98. The van der Waals surface area contributed by atoms with Crippen LogP contribution in [0.2, 0.25) is 10.0 Å². The minimum absolute atomic E-state index is 0.174. The van der Waals surface area contributed by atoms with Gasteiger partial charge in [0.15, 0.2) is 0 Å². The van der Waals surface area contributed by atoms with Crippen molar-refractivity contribution >= 4 is 40.6 Å². The third-order valence-electron chi connectivity index (χ3n) is 4.29. The molecule has 1 aliphatic carbocycles. The molecule has 0 unspecified atom stereocenters. The van der Waals surface area contributed by atoms with Gasteiger partial charge in [-0.2, -0.15) is 0 Å². The van der Waals surface area contributed by atoms with Crippen molar-refractivity contribution in [1.29, 1.82) is 0 Å². The Bertz CT molecular complexity index is 728. The molecule has 1 amide bonds. The molecular weight excluding hydrogens is 359 g/mol. The summed E-state index contributed by atoms with van der Waals surface area (Å²) in [4.78, 5) is 20.8. The second-order valence-electron chi connectivity index (χ2n) is 6.18. The Kier molecular flexibility index (Phi) is 6.10. The molecule has 1 saturated carbocycles. The molecule has 132 valence electrons. The zero-order valence-corrected chi connectivity index (χ0v) is 15.3. The number of hydrogen-bond acceptors (Lipinski definition) is 4. The molecule has 0 spiro atoms. The highest BCUT2D eigenvalue weighted by molar-refractivity contribution is 6.43. The van der Waals surface area contributed by atoms with Crippen LogP contribution < -0.4 is 10.6 Å². The van der Waals surface area contributed by atoms with Crippen molar-refractivity contribution in [2.45, 2.75) is 44.6 Å². The molecule has 1 aliphatic rings. The highest BCUT2D eigenvalue weighted by atomic mass is 35.5. The molecule has 1 aromatic carbocycles. The van der Waals surface area contributed by atoms with Crippen molar-refractivity contribution in [3.05, 3.63) is 46.3 Å². The van der Waals surface area contributed by atoms with E-state index in [0.29, 0.717) is 27.2 Å². The fourth-order valence-electron chi connectivity index (χ4n) is 2.93. The van der Waals surface area contributed by atoms with Crippen molar-refractivity contribution in [2.24, 2.45) is 0 Å². The topological polar surface area (TPSA) is 66.9 Å². The highest BCUT2D eigenvalue weighted by Gasteiger charge is 2.17. The molecule has 0 bridgehead atoms. The van der Waals surface area contributed by atoms with E-state index in [1.54, 1.807) is 18.2 Å². The Hall–Kier alpha value is -1.85. The van der Waals surface area contributed by atoms with Crippen LogP contribution in [0.5, 0.6) is 0 Å². The van der Waals surface area contributed by atoms with Crippen LogP contribution in [0, 0.1) is 0 Å². The number of anilines is 2. The maximum absolute atomic E-state index is 12.3. The fourth-order valence-corrected chi connectivity index (χ4v) is 3.28. The number of hydrogen-bond donors (Lipinski definition) is 2. The average molecular weight is 379 g/mol. The number of halogens is 2. The van der Waals surface area contributed by atoms with Gasteiger partial charge in [0.05, 0.1) is 28.1 Å². The molecule has 3 rings (SSSR count). The molecule has 0 atom stereocenters. The van der Waals surface area contributed by atoms with Gasteiger partial charge in [-0.25, -0.2) is 9.97 Å². The fraction of sp³-hybridized carbons (Fsp3) is 0.389. The Morgan fingerprint density at radius 3 is 2.48 bits per heavy atom. The average Bonchev–Trinajstić information content (AvgIpc) is 2.88. The van der Waals surface area contributed by atoms with Crippen LogP contribution in [-0.2, 0) is 0 Å². The zero-order valence-electron chi connectivity index (χ0n) is 13.8. The van der Waals surface area contributed by atoms with Crippen molar-refractivity contribution < 1.29 is 4.79 Å². The molecular formula is C18H20Cl2N4O. The number of benzene rings is 1. The predicted molar refractivity (Wildman–Crippen MR) is 101 cm³/mol. The molecule has 1 fully saturated rings. The van der Waals surface area contributed by atoms with E-state index in [0.717, 1.165) is 12.8 Å². The molecule has 1 aromatic heterocycles. The molecule has 2 aromatic rings. The van der Waals surface area contributed by atoms with E-state index in [2.05, 4.69) is 20.6 Å². The standard InChI is InChI=1S/C18H20Cl2N4O/c19-13-8-5-9-14(17(13)20)24-16-11-21-15(10-22-16)18(25)23-12-6-3-1-2-4-7-12/h5,8-12H,1-4,6-7H2,(H,22,24)(H,23,25). The quantitative estimate of drug-likeness (QED) is 0.736. The van der Waals surface area contributed by atoms with Crippen LogP contribution in [0.25, 0.3) is 0 Å². The van der Waals surface area contributed by atoms with Crippen LogP contribution in [0.4, 0.5) is 11.5 Å². The minimum atomic E-state index is -0.174. The van der Waals surface area contributed by atoms with Gasteiger partial charge in [0.25, 0.3) is 5.91 Å². The first-order chi connectivity index (χ1) is 12.1. The van der Waals surface area contributed by atoms with Gasteiger partial charge >= 0.3 is 0 Å². The second kappa shape index (κ2) is 8.50. The van der Waals surface area contributed by atoms with Crippen molar-refractivity contribution in [3.8, 4) is 0 Å². The summed E-state index contributed by atoms with van der Waals surface area (Å²) in [6.45, 7) is 0. The Morgan fingerprint density at radius 2 is 1.80 bits per heavy atom. The van der Waals surface area contributed by atoms with Gasteiger partial charge in [0.2, 0.25) is 0 Å². The summed E-state index contributed by atoms with van der Waals surface area (Å²) in [5.74, 6) is 0.321. The molecule has 0 radical (unpaired) electrons. The van der Waals surface area contributed by atoms with E-state index in [-0.39, 0.29) is 11.9 Å². The van der Waals surface area contributed by atoms with Crippen LogP contribution in [0.3, 0.4) is 0 Å². The maximum Gasteiger partial charge on any atom is 0.271 e. The van der Waals surface area contributed by atoms with Gasteiger partial charge in [0, 0.05) is 6.04 Å². The molecule has 25 heavy (non-hydrogen) atoms. The third kappa shape index (κ3) is 4.83. The highest BCUT2D eigenvalue weighted by Crippen LogP contribution is 2.31. The van der Waals surface area contributed by atoms with Gasteiger partial charge in [-0.3, -0.25) is 4.79 Å². The molecule has 1 heterocycles. The number of aromatic nitrogens is 2. The summed E-state index contributed by atoms with van der Waals surface area (Å²) in [6, 6.07) is 5.53. The lowest BCUT2D eigenvalue weighted by Crippen LogP contribution is -2.34. The first-order valence-electron chi connectivity index (χ1n) is 8.47. The molecule has 2 N–H and O–H groups in total. The van der Waals surface area contributed by atoms with Gasteiger partial charge in [-0.05, 0) is 25.0 Å². The van der Waals surface area contributed by atoms with Gasteiger partial charge in [-0.15, -0.1) is 0 Å². The molecule has 0 aliphatic heterocycles. The second-order valence-corrected chi connectivity index (χ2v) is 6.96. The first kappa shape index (κ1) is 18.0. The number of carbonyl (C=O) groups excluding carboxylic acids is 1. The molecule has 7 heteroatoms. The maximum atomic E-state index is 12.3. The smallest absolute Gasteiger partial charge is 0.271 e. The summed E-state index contributed by atoms with van der Waals surface area (Å²) in [5, 5.41) is 6.98. The van der Waals surface area contributed by atoms with Gasteiger partial charge in [0.1, 0.15) is 11.5 Å². The van der Waals surface area contributed by atoms with Gasteiger partial charge < -0.3 is 10.6 Å². The summed E-state index contributed by atoms with van der Waals surface area (Å²) < 4.78 is 0. The summed E-state index contributed by atoms with van der Waals surface area (Å²) in [5.41, 5.74) is 0.950. The number of nitrogens with zero attached hydrogens (tertiary/aromatic N) is 2. The van der Waals surface area contributed by atoms with E-state index in [4.69, 9.17) is 23.2 Å². The van der Waals surface area contributed by atoms with E-state index in [9.17, 15) is 4.79 Å². The van der Waals surface area contributed by atoms with Crippen molar-refractivity contribution in [1.82, 2.24) is 15.3 Å². The molecule has 0 saturated heterocycles. The Labute approximate surface area is 157 Å². The SMILES string of the molecule is O=C(NC1CCCCCC1)c1cnc(Nc2cccc(Cl)c2Cl)cn1. The van der Waals surface area contributed by atoms with Crippen molar-refractivity contribution in [2.75, 3.05) is 5.32 Å². The van der Waals surface area contributed by atoms with E-state index >= 15 is 0 Å². The number of carbonyl (C=O) groups is 1. The third-order valence-corrected chi connectivity index (χ3v) is 5.11. The largest absolute Gasteiger partial charge is 0.348 e. The van der Waals surface area contributed by atoms with Crippen molar-refractivity contribution in [3.63, 3.8) is 0 Å². The van der Waals surface area contributed by atoms with E-state index in [1.165, 1.54) is 38.1 Å². The number of rotatable bonds is 4.